The molecular formula is C16H18N2O3. The predicted octanol–water partition coefficient (Wildman–Crippen LogP) is 4.27. The van der Waals surface area contributed by atoms with Crippen LogP contribution in [0.25, 0.3) is 10.8 Å². The summed E-state index contributed by atoms with van der Waals surface area (Å²) in [7, 11) is 0. The second-order valence-corrected chi connectivity index (χ2v) is 4.95. The highest BCUT2D eigenvalue weighted by atomic mass is 16.6. The summed E-state index contributed by atoms with van der Waals surface area (Å²) in [6.45, 7) is 2.06. The number of fused-ring (bicyclic) bond motifs is 1. The maximum atomic E-state index is 11.9. The minimum absolute atomic E-state index is 0.0445. The number of hydrogen-bond acceptors (Lipinski definition) is 3. The van der Waals surface area contributed by atoms with Gasteiger partial charge in [-0.3, -0.25) is 14.9 Å². The first-order valence-corrected chi connectivity index (χ1v) is 7.09. The van der Waals surface area contributed by atoms with E-state index >= 15 is 0 Å². The first-order chi connectivity index (χ1) is 10.1. The van der Waals surface area contributed by atoms with Crippen molar-refractivity contribution in [3.8, 4) is 0 Å². The second-order valence-electron chi connectivity index (χ2n) is 4.95. The molecule has 0 aliphatic rings. The van der Waals surface area contributed by atoms with Crippen LogP contribution in [0.2, 0.25) is 0 Å². The Kier molecular flexibility index (Phi) is 4.87. The molecule has 0 bridgehead atoms. The number of nitro groups is 1. The highest BCUT2D eigenvalue weighted by Crippen LogP contribution is 2.33. The van der Waals surface area contributed by atoms with Crippen molar-refractivity contribution in [2.75, 3.05) is 5.32 Å². The Morgan fingerprint density at radius 3 is 2.67 bits per heavy atom. The van der Waals surface area contributed by atoms with E-state index in [9.17, 15) is 14.9 Å². The quantitative estimate of drug-likeness (QED) is 0.489. The molecule has 0 aliphatic heterocycles. The highest BCUT2D eigenvalue weighted by Gasteiger charge is 2.19. The summed E-state index contributed by atoms with van der Waals surface area (Å²) >= 11 is 0. The molecule has 0 spiro atoms. The van der Waals surface area contributed by atoms with Crippen molar-refractivity contribution in [3.05, 3.63) is 46.5 Å². The van der Waals surface area contributed by atoms with Gasteiger partial charge in [-0.05, 0) is 23.9 Å². The largest absolute Gasteiger partial charge is 0.320 e. The van der Waals surface area contributed by atoms with E-state index in [1.165, 1.54) is 0 Å². The predicted molar refractivity (Wildman–Crippen MR) is 83.4 cm³/mol. The van der Waals surface area contributed by atoms with Crippen molar-refractivity contribution in [3.63, 3.8) is 0 Å². The van der Waals surface area contributed by atoms with Crippen LogP contribution in [0.4, 0.5) is 11.4 Å². The van der Waals surface area contributed by atoms with E-state index in [1.54, 1.807) is 24.3 Å². The van der Waals surface area contributed by atoms with Gasteiger partial charge < -0.3 is 5.32 Å². The van der Waals surface area contributed by atoms with Crippen LogP contribution in [-0.4, -0.2) is 10.8 Å². The Morgan fingerprint density at radius 1 is 1.19 bits per heavy atom. The SMILES string of the molecule is CCCCCC(=O)Nc1ccc2ccccc2c1[N+](=O)[O-]. The molecular weight excluding hydrogens is 268 g/mol. The number of carbonyl (C=O) groups excluding carboxylic acids is 1. The number of hydrogen-bond donors (Lipinski definition) is 1. The standard InChI is InChI=1S/C16H18N2O3/c1-2-3-4-9-15(19)17-14-11-10-12-7-5-6-8-13(12)16(14)18(20)21/h5-8,10-11H,2-4,9H2,1H3,(H,17,19). The Bertz CT molecular complexity index is 668. The molecule has 1 amide bonds. The molecule has 2 rings (SSSR count). The van der Waals surface area contributed by atoms with Crippen molar-refractivity contribution in [1.29, 1.82) is 0 Å². The average Bonchev–Trinajstić information content (AvgIpc) is 2.47. The van der Waals surface area contributed by atoms with Crippen molar-refractivity contribution in [1.82, 2.24) is 0 Å². The molecule has 2 aromatic carbocycles. The van der Waals surface area contributed by atoms with Crippen LogP contribution >= 0.6 is 0 Å². The van der Waals surface area contributed by atoms with E-state index < -0.39 is 4.92 Å². The zero-order valence-corrected chi connectivity index (χ0v) is 12.0. The van der Waals surface area contributed by atoms with Gasteiger partial charge in [0.2, 0.25) is 5.91 Å². The van der Waals surface area contributed by atoms with Gasteiger partial charge >= 0.3 is 0 Å². The fourth-order valence-corrected chi connectivity index (χ4v) is 2.30. The first kappa shape index (κ1) is 15.0. The summed E-state index contributed by atoms with van der Waals surface area (Å²) in [6, 6.07) is 10.5. The van der Waals surface area contributed by atoms with Gasteiger partial charge in [0, 0.05) is 6.42 Å². The molecule has 0 heterocycles. The minimum Gasteiger partial charge on any atom is -0.320 e. The van der Waals surface area contributed by atoms with E-state index in [1.807, 2.05) is 12.1 Å². The molecule has 0 aliphatic carbocycles. The fraction of sp³-hybridized carbons (Fsp3) is 0.312. The number of nitro benzene ring substituents is 1. The first-order valence-electron chi connectivity index (χ1n) is 7.09. The van der Waals surface area contributed by atoms with Crippen LogP contribution in [0.5, 0.6) is 0 Å². The smallest absolute Gasteiger partial charge is 0.300 e. The summed E-state index contributed by atoms with van der Waals surface area (Å²) in [4.78, 5) is 22.8. The molecule has 0 unspecified atom stereocenters. The lowest BCUT2D eigenvalue weighted by atomic mass is 10.1. The molecule has 2 aromatic rings. The third-order valence-corrected chi connectivity index (χ3v) is 3.36. The number of rotatable bonds is 6. The molecule has 0 aromatic heterocycles. The van der Waals surface area contributed by atoms with Crippen molar-refractivity contribution >= 4 is 28.1 Å². The summed E-state index contributed by atoms with van der Waals surface area (Å²) in [5.41, 5.74) is 0.220. The van der Waals surface area contributed by atoms with E-state index in [-0.39, 0.29) is 17.3 Å². The van der Waals surface area contributed by atoms with Crippen LogP contribution in [0.1, 0.15) is 32.6 Å². The number of unbranched alkanes of at least 4 members (excludes halogenated alkanes) is 2. The third kappa shape index (κ3) is 3.56. The van der Waals surface area contributed by atoms with Crippen LogP contribution in [0, 0.1) is 10.1 Å². The zero-order valence-electron chi connectivity index (χ0n) is 12.0. The molecule has 21 heavy (non-hydrogen) atoms. The van der Waals surface area contributed by atoms with Gasteiger partial charge in [0.15, 0.2) is 0 Å². The number of anilines is 1. The van der Waals surface area contributed by atoms with Crippen LogP contribution in [-0.2, 0) is 4.79 Å². The van der Waals surface area contributed by atoms with Gasteiger partial charge in [-0.1, -0.05) is 44.0 Å². The summed E-state index contributed by atoms with van der Waals surface area (Å²) < 4.78 is 0. The fourth-order valence-electron chi connectivity index (χ4n) is 2.30. The normalized spacial score (nSPS) is 10.5. The zero-order chi connectivity index (χ0) is 15.2. The van der Waals surface area contributed by atoms with Gasteiger partial charge in [0.05, 0.1) is 10.3 Å². The van der Waals surface area contributed by atoms with Crippen LogP contribution in [0.15, 0.2) is 36.4 Å². The molecule has 5 heteroatoms. The summed E-state index contributed by atoms with van der Waals surface area (Å²) in [5.74, 6) is -0.179. The molecule has 1 N–H and O–H groups in total. The van der Waals surface area contributed by atoms with Crippen LogP contribution in [0.3, 0.4) is 0 Å². The molecule has 0 saturated carbocycles. The van der Waals surface area contributed by atoms with E-state index in [4.69, 9.17) is 0 Å². The molecule has 0 radical (unpaired) electrons. The Balaban J connectivity index is 2.29. The lowest BCUT2D eigenvalue weighted by Gasteiger charge is -2.08. The summed E-state index contributed by atoms with van der Waals surface area (Å²) in [5, 5.41) is 15.3. The van der Waals surface area contributed by atoms with Gasteiger partial charge in [-0.15, -0.1) is 0 Å². The Hall–Kier alpha value is -2.43. The molecule has 5 nitrogen and oxygen atoms in total. The second kappa shape index (κ2) is 6.83. The average molecular weight is 286 g/mol. The number of amides is 1. The van der Waals surface area contributed by atoms with E-state index in [2.05, 4.69) is 12.2 Å². The van der Waals surface area contributed by atoms with Crippen molar-refractivity contribution in [2.24, 2.45) is 0 Å². The lowest BCUT2D eigenvalue weighted by molar-refractivity contribution is -0.382. The lowest BCUT2D eigenvalue weighted by Crippen LogP contribution is -2.12. The Morgan fingerprint density at radius 2 is 1.95 bits per heavy atom. The molecule has 0 fully saturated rings. The highest BCUT2D eigenvalue weighted by molar-refractivity contribution is 6.01. The minimum atomic E-state index is -0.440. The van der Waals surface area contributed by atoms with Gasteiger partial charge in [-0.2, -0.15) is 0 Å². The molecule has 0 atom stereocenters. The maximum Gasteiger partial charge on any atom is 0.300 e. The van der Waals surface area contributed by atoms with Crippen molar-refractivity contribution in [2.45, 2.75) is 32.6 Å². The number of nitrogens with zero attached hydrogens (tertiary/aromatic N) is 1. The Labute approximate surface area is 123 Å². The van der Waals surface area contributed by atoms with E-state index in [0.717, 1.165) is 24.6 Å². The third-order valence-electron chi connectivity index (χ3n) is 3.36. The molecule has 110 valence electrons. The number of carbonyl (C=O) groups is 1. The molecule has 0 saturated heterocycles. The number of nitrogens with one attached hydrogen (secondary N) is 1. The van der Waals surface area contributed by atoms with Gasteiger partial charge in [0.25, 0.3) is 5.69 Å². The maximum absolute atomic E-state index is 11.9. The van der Waals surface area contributed by atoms with Gasteiger partial charge in [0.1, 0.15) is 5.69 Å². The van der Waals surface area contributed by atoms with Crippen LogP contribution < -0.4 is 5.32 Å². The number of benzene rings is 2. The van der Waals surface area contributed by atoms with Crippen molar-refractivity contribution < 1.29 is 9.72 Å². The summed E-state index contributed by atoms with van der Waals surface area (Å²) in [6.07, 6.45) is 3.19. The topological polar surface area (TPSA) is 72.2 Å². The van der Waals surface area contributed by atoms with E-state index in [0.29, 0.717) is 11.8 Å². The monoisotopic (exact) mass is 286 g/mol. The van der Waals surface area contributed by atoms with Gasteiger partial charge in [-0.25, -0.2) is 0 Å².